The highest BCUT2D eigenvalue weighted by atomic mass is 35.5. The maximum absolute atomic E-state index is 12.1. The minimum absolute atomic E-state index is 0.0985. The molecule has 0 atom stereocenters. The molecule has 4 rings (SSSR count). The normalized spacial score (nSPS) is 16.8. The van der Waals surface area contributed by atoms with E-state index in [1.165, 1.54) is 0 Å². The summed E-state index contributed by atoms with van der Waals surface area (Å²) in [7, 11) is 0. The van der Waals surface area contributed by atoms with Gasteiger partial charge in [-0.05, 0) is 43.2 Å². The van der Waals surface area contributed by atoms with Crippen molar-refractivity contribution in [2.75, 3.05) is 11.9 Å². The Balaban J connectivity index is 1.36. The minimum Gasteiger partial charge on any atom is -0.484 e. The smallest absolute Gasteiger partial charge is 0.262 e. The van der Waals surface area contributed by atoms with Crippen LogP contribution in [0.5, 0.6) is 17.2 Å². The lowest BCUT2D eigenvalue weighted by molar-refractivity contribution is -0.118. The van der Waals surface area contributed by atoms with Crippen LogP contribution in [0.15, 0.2) is 42.5 Å². The number of nitrogens with one attached hydrogen (secondary N) is 1. The van der Waals surface area contributed by atoms with Crippen LogP contribution >= 0.6 is 11.6 Å². The summed E-state index contributed by atoms with van der Waals surface area (Å²) in [6, 6.07) is 12.4. The van der Waals surface area contributed by atoms with Crippen LogP contribution in [-0.4, -0.2) is 18.3 Å². The number of fused-ring (bicyclic) bond motifs is 1. The van der Waals surface area contributed by atoms with Gasteiger partial charge >= 0.3 is 0 Å². The van der Waals surface area contributed by atoms with Gasteiger partial charge in [-0.25, -0.2) is 0 Å². The third-order valence-corrected chi connectivity index (χ3v) is 4.59. The lowest BCUT2D eigenvalue weighted by Crippen LogP contribution is -2.34. The highest BCUT2D eigenvalue weighted by Gasteiger charge is 2.44. The number of hydrogen-bond donors (Lipinski definition) is 1. The number of carbonyl (C=O) groups excluding carboxylic acids is 1. The first-order valence-corrected chi connectivity index (χ1v) is 8.70. The zero-order valence-electron chi connectivity index (χ0n) is 13.6. The number of halogens is 1. The van der Waals surface area contributed by atoms with Crippen molar-refractivity contribution in [3.05, 3.63) is 47.5 Å². The highest BCUT2D eigenvalue weighted by molar-refractivity contribution is 6.30. The van der Waals surface area contributed by atoms with Crippen LogP contribution in [0.2, 0.25) is 5.02 Å². The molecule has 1 fully saturated rings. The molecule has 1 N–H and O–H groups in total. The highest BCUT2D eigenvalue weighted by Crippen LogP contribution is 2.47. The average molecular weight is 360 g/mol. The lowest BCUT2D eigenvalue weighted by Gasteiger charge is -2.21. The van der Waals surface area contributed by atoms with Gasteiger partial charge in [0.2, 0.25) is 0 Å². The Bertz CT molecular complexity index is 802. The molecule has 0 aromatic heterocycles. The molecule has 25 heavy (non-hydrogen) atoms. The lowest BCUT2D eigenvalue weighted by atomic mass is 10.2. The van der Waals surface area contributed by atoms with Gasteiger partial charge in [0.05, 0.1) is 0 Å². The summed E-state index contributed by atoms with van der Waals surface area (Å²) in [5, 5.41) is 3.37. The SMILES string of the molecule is O=C(COc1cccc(Cl)c1)Nc1ccc2c(c1)OC1(CCCC1)O2. The predicted molar refractivity (Wildman–Crippen MR) is 94.5 cm³/mol. The first kappa shape index (κ1) is 16.1. The summed E-state index contributed by atoms with van der Waals surface area (Å²) in [6.07, 6.45) is 4.02. The fourth-order valence-electron chi connectivity index (χ4n) is 3.19. The third-order valence-electron chi connectivity index (χ3n) is 4.35. The number of rotatable bonds is 4. The molecule has 0 radical (unpaired) electrons. The zero-order chi connectivity index (χ0) is 17.3. The quantitative estimate of drug-likeness (QED) is 0.879. The molecule has 0 saturated heterocycles. The molecule has 1 aliphatic carbocycles. The summed E-state index contributed by atoms with van der Waals surface area (Å²) in [5.41, 5.74) is 0.650. The van der Waals surface area contributed by atoms with Crippen LogP contribution in [0, 0.1) is 0 Å². The molecule has 1 spiro atoms. The van der Waals surface area contributed by atoms with Crippen LogP contribution in [0.3, 0.4) is 0 Å². The minimum atomic E-state index is -0.499. The molecule has 2 aliphatic rings. The predicted octanol–water partition coefficient (Wildman–Crippen LogP) is 4.40. The number of amides is 1. The average Bonchev–Trinajstić information content (AvgIpc) is 3.19. The molecule has 1 aliphatic heterocycles. The molecule has 5 nitrogen and oxygen atoms in total. The fraction of sp³-hybridized carbons (Fsp3) is 0.316. The molecular weight excluding hydrogens is 342 g/mol. The Morgan fingerprint density at radius 2 is 1.92 bits per heavy atom. The monoisotopic (exact) mass is 359 g/mol. The largest absolute Gasteiger partial charge is 0.484 e. The van der Waals surface area contributed by atoms with Gasteiger partial charge in [0, 0.05) is 29.6 Å². The van der Waals surface area contributed by atoms with Gasteiger partial charge in [-0.15, -0.1) is 0 Å². The molecule has 2 aromatic rings. The Hall–Kier alpha value is -2.40. The van der Waals surface area contributed by atoms with E-state index in [9.17, 15) is 4.79 Å². The van der Waals surface area contributed by atoms with E-state index in [0.717, 1.165) is 31.4 Å². The molecule has 1 amide bonds. The van der Waals surface area contributed by atoms with Crippen LogP contribution < -0.4 is 19.5 Å². The standard InChI is InChI=1S/C19H18ClNO4/c20-13-4-3-5-15(10-13)23-12-18(22)21-14-6-7-16-17(11-14)25-19(24-16)8-1-2-9-19/h3-7,10-11H,1-2,8-9,12H2,(H,21,22). The summed E-state index contributed by atoms with van der Waals surface area (Å²) < 4.78 is 17.4. The summed E-state index contributed by atoms with van der Waals surface area (Å²) in [5.74, 6) is 1.21. The maximum atomic E-state index is 12.1. The molecule has 2 aromatic carbocycles. The molecule has 6 heteroatoms. The van der Waals surface area contributed by atoms with Crippen molar-refractivity contribution in [1.82, 2.24) is 0 Å². The second-order valence-corrected chi connectivity index (χ2v) is 6.71. The third kappa shape index (κ3) is 3.51. The number of ether oxygens (including phenoxy) is 3. The molecule has 1 saturated carbocycles. The van der Waals surface area contributed by atoms with E-state index in [1.54, 1.807) is 36.4 Å². The first-order chi connectivity index (χ1) is 12.1. The Labute approximate surface area is 150 Å². The maximum Gasteiger partial charge on any atom is 0.262 e. The molecular formula is C19H18ClNO4. The van der Waals surface area contributed by atoms with Crippen molar-refractivity contribution in [3.63, 3.8) is 0 Å². The Morgan fingerprint density at radius 3 is 2.72 bits per heavy atom. The van der Waals surface area contributed by atoms with Gasteiger partial charge in [-0.2, -0.15) is 0 Å². The van der Waals surface area contributed by atoms with Crippen LogP contribution in [0.25, 0.3) is 0 Å². The van der Waals surface area contributed by atoms with E-state index in [2.05, 4.69) is 5.32 Å². The van der Waals surface area contributed by atoms with Gasteiger partial charge in [0.15, 0.2) is 18.1 Å². The number of benzene rings is 2. The summed E-state index contributed by atoms with van der Waals surface area (Å²) in [6.45, 7) is -0.0985. The van der Waals surface area contributed by atoms with Gasteiger partial charge in [0.1, 0.15) is 5.75 Å². The summed E-state index contributed by atoms with van der Waals surface area (Å²) >= 11 is 5.89. The number of hydrogen-bond acceptors (Lipinski definition) is 4. The van der Waals surface area contributed by atoms with Crippen molar-refractivity contribution < 1.29 is 19.0 Å². The second-order valence-electron chi connectivity index (χ2n) is 6.28. The van der Waals surface area contributed by atoms with Crippen LogP contribution in [-0.2, 0) is 4.79 Å². The fourth-order valence-corrected chi connectivity index (χ4v) is 3.37. The Morgan fingerprint density at radius 1 is 1.12 bits per heavy atom. The van der Waals surface area contributed by atoms with Crippen molar-refractivity contribution >= 4 is 23.2 Å². The van der Waals surface area contributed by atoms with Crippen molar-refractivity contribution in [2.45, 2.75) is 31.5 Å². The molecule has 0 bridgehead atoms. The van der Waals surface area contributed by atoms with E-state index < -0.39 is 5.79 Å². The van der Waals surface area contributed by atoms with Crippen LogP contribution in [0.1, 0.15) is 25.7 Å². The zero-order valence-corrected chi connectivity index (χ0v) is 14.3. The van der Waals surface area contributed by atoms with E-state index >= 15 is 0 Å². The van der Waals surface area contributed by atoms with Crippen molar-refractivity contribution in [3.8, 4) is 17.2 Å². The van der Waals surface area contributed by atoms with E-state index in [1.807, 2.05) is 6.07 Å². The van der Waals surface area contributed by atoms with Crippen molar-refractivity contribution in [2.24, 2.45) is 0 Å². The van der Waals surface area contributed by atoms with E-state index in [4.69, 9.17) is 25.8 Å². The topological polar surface area (TPSA) is 56.8 Å². The number of anilines is 1. The van der Waals surface area contributed by atoms with E-state index in [0.29, 0.717) is 22.2 Å². The Kier molecular flexibility index (Phi) is 4.17. The molecule has 1 heterocycles. The van der Waals surface area contributed by atoms with E-state index in [-0.39, 0.29) is 12.5 Å². The number of carbonyl (C=O) groups is 1. The summed E-state index contributed by atoms with van der Waals surface area (Å²) in [4.78, 5) is 12.1. The van der Waals surface area contributed by atoms with Crippen molar-refractivity contribution in [1.29, 1.82) is 0 Å². The molecule has 0 unspecified atom stereocenters. The van der Waals surface area contributed by atoms with Gasteiger partial charge in [-0.1, -0.05) is 17.7 Å². The van der Waals surface area contributed by atoms with Gasteiger partial charge in [-0.3, -0.25) is 4.79 Å². The van der Waals surface area contributed by atoms with Gasteiger partial charge < -0.3 is 19.5 Å². The first-order valence-electron chi connectivity index (χ1n) is 8.32. The van der Waals surface area contributed by atoms with Gasteiger partial charge in [0.25, 0.3) is 11.7 Å². The molecule has 130 valence electrons. The van der Waals surface area contributed by atoms with Crippen LogP contribution in [0.4, 0.5) is 5.69 Å². The second kappa shape index (κ2) is 6.48.